The Labute approximate surface area is 162 Å². The van der Waals surface area contributed by atoms with Crippen LogP contribution in [-0.2, 0) is 13.2 Å². The molecule has 0 aliphatic carbocycles. The maximum Gasteiger partial charge on any atom is 0.123 e. The summed E-state index contributed by atoms with van der Waals surface area (Å²) in [5.74, 6) is 0.454. The van der Waals surface area contributed by atoms with Gasteiger partial charge in [0.15, 0.2) is 0 Å². The molecule has 5 heteroatoms. The van der Waals surface area contributed by atoms with E-state index in [-0.39, 0.29) is 5.82 Å². The molecule has 0 spiro atoms. The van der Waals surface area contributed by atoms with Crippen molar-refractivity contribution in [3.05, 3.63) is 100 Å². The first-order chi connectivity index (χ1) is 12.6. The van der Waals surface area contributed by atoms with Gasteiger partial charge in [-0.3, -0.25) is 0 Å². The van der Waals surface area contributed by atoms with Crippen LogP contribution in [0.25, 0.3) is 0 Å². The number of ether oxygens (including phenoxy) is 1. The van der Waals surface area contributed by atoms with Gasteiger partial charge in [0.05, 0.1) is 0 Å². The third kappa shape index (κ3) is 5.28. The van der Waals surface area contributed by atoms with Crippen molar-refractivity contribution in [3.63, 3.8) is 0 Å². The molecule has 1 N–H and O–H groups in total. The lowest BCUT2D eigenvalue weighted by Crippen LogP contribution is -2.21. The minimum absolute atomic E-state index is 0.257. The van der Waals surface area contributed by atoms with Gasteiger partial charge in [-0.05, 0) is 47.5 Å². The van der Waals surface area contributed by atoms with E-state index in [1.165, 1.54) is 12.1 Å². The summed E-state index contributed by atoms with van der Waals surface area (Å²) in [6.07, 6.45) is 0. The zero-order chi connectivity index (χ0) is 18.4. The van der Waals surface area contributed by atoms with E-state index in [1.54, 1.807) is 12.1 Å². The smallest absolute Gasteiger partial charge is 0.123 e. The lowest BCUT2D eigenvalue weighted by molar-refractivity contribution is 0.306. The van der Waals surface area contributed by atoms with Gasteiger partial charge in [0.1, 0.15) is 23.2 Å². The zero-order valence-corrected chi connectivity index (χ0v) is 15.5. The molecular formula is C21H17ClFNOS. The maximum atomic E-state index is 12.9. The summed E-state index contributed by atoms with van der Waals surface area (Å²) in [6.45, 7) is 0.991. The fourth-order valence-corrected chi connectivity index (χ4v) is 2.69. The maximum absolute atomic E-state index is 12.9. The number of halogens is 2. The molecule has 0 radical (unpaired) electrons. The van der Waals surface area contributed by atoms with E-state index in [0.29, 0.717) is 28.9 Å². The van der Waals surface area contributed by atoms with Crippen LogP contribution in [0, 0.1) is 5.82 Å². The quantitative estimate of drug-likeness (QED) is 0.564. The van der Waals surface area contributed by atoms with Crippen molar-refractivity contribution in [2.75, 3.05) is 0 Å². The van der Waals surface area contributed by atoms with Crippen molar-refractivity contribution in [3.8, 4) is 5.75 Å². The Balaban J connectivity index is 1.58. The van der Waals surface area contributed by atoms with Crippen molar-refractivity contribution in [1.29, 1.82) is 0 Å². The fraction of sp³-hybridized carbons (Fsp3) is 0.0952. The summed E-state index contributed by atoms with van der Waals surface area (Å²) in [6, 6.07) is 21.5. The lowest BCUT2D eigenvalue weighted by Gasteiger charge is -2.11. The van der Waals surface area contributed by atoms with Crippen molar-refractivity contribution in [2.45, 2.75) is 13.2 Å². The molecule has 0 aliphatic heterocycles. The van der Waals surface area contributed by atoms with E-state index >= 15 is 0 Å². The summed E-state index contributed by atoms with van der Waals surface area (Å²) in [5, 5.41) is 3.94. The first-order valence-corrected chi connectivity index (χ1v) is 8.89. The molecule has 3 rings (SSSR count). The highest BCUT2D eigenvalue weighted by molar-refractivity contribution is 7.80. The number of thiocarbonyl (C=S) groups is 1. The van der Waals surface area contributed by atoms with Crippen LogP contribution in [0.3, 0.4) is 0 Å². The van der Waals surface area contributed by atoms with Crippen LogP contribution < -0.4 is 10.1 Å². The fourth-order valence-electron chi connectivity index (χ4n) is 2.36. The molecule has 0 heterocycles. The SMILES string of the molecule is Fc1ccc(COc2cccc(C(=S)NCc3ccc(Cl)cc3)c2)cc1. The third-order valence-corrected chi connectivity index (χ3v) is 4.41. The lowest BCUT2D eigenvalue weighted by atomic mass is 10.2. The summed E-state index contributed by atoms with van der Waals surface area (Å²) in [5.41, 5.74) is 2.88. The molecule has 0 atom stereocenters. The van der Waals surface area contributed by atoms with Crippen LogP contribution in [0.2, 0.25) is 5.02 Å². The predicted octanol–water partition coefficient (Wildman–Crippen LogP) is 5.52. The minimum Gasteiger partial charge on any atom is -0.489 e. The Morgan fingerprint density at radius 2 is 1.65 bits per heavy atom. The summed E-state index contributed by atoms with van der Waals surface area (Å²) in [4.78, 5) is 0.646. The molecule has 0 unspecified atom stereocenters. The number of nitrogens with one attached hydrogen (secondary N) is 1. The van der Waals surface area contributed by atoms with Crippen LogP contribution in [-0.4, -0.2) is 4.99 Å². The van der Waals surface area contributed by atoms with Gasteiger partial charge in [-0.1, -0.05) is 60.2 Å². The minimum atomic E-state index is -0.257. The van der Waals surface area contributed by atoms with E-state index in [4.69, 9.17) is 28.6 Å². The molecule has 132 valence electrons. The van der Waals surface area contributed by atoms with Gasteiger partial charge in [-0.2, -0.15) is 0 Å². The first kappa shape index (κ1) is 18.4. The van der Waals surface area contributed by atoms with E-state index < -0.39 is 0 Å². The second kappa shape index (κ2) is 8.79. The van der Waals surface area contributed by atoms with Gasteiger partial charge < -0.3 is 10.1 Å². The molecule has 0 saturated heterocycles. The van der Waals surface area contributed by atoms with Gasteiger partial charge in [0.25, 0.3) is 0 Å². The summed E-state index contributed by atoms with van der Waals surface area (Å²) in [7, 11) is 0. The average molecular weight is 386 g/mol. The van der Waals surface area contributed by atoms with Crippen LogP contribution in [0.4, 0.5) is 4.39 Å². The molecule has 0 aromatic heterocycles. The normalized spacial score (nSPS) is 10.4. The van der Waals surface area contributed by atoms with Crippen LogP contribution in [0.1, 0.15) is 16.7 Å². The van der Waals surface area contributed by atoms with Crippen molar-refractivity contribution >= 4 is 28.8 Å². The zero-order valence-electron chi connectivity index (χ0n) is 13.9. The van der Waals surface area contributed by atoms with Gasteiger partial charge in [0, 0.05) is 17.1 Å². The van der Waals surface area contributed by atoms with Gasteiger partial charge in [0.2, 0.25) is 0 Å². The number of hydrogen-bond acceptors (Lipinski definition) is 2. The molecule has 0 bridgehead atoms. The van der Waals surface area contributed by atoms with E-state index in [0.717, 1.165) is 16.7 Å². The highest BCUT2D eigenvalue weighted by Crippen LogP contribution is 2.16. The highest BCUT2D eigenvalue weighted by atomic mass is 35.5. The summed E-state index contributed by atoms with van der Waals surface area (Å²) >= 11 is 11.4. The predicted molar refractivity (Wildman–Crippen MR) is 107 cm³/mol. The largest absolute Gasteiger partial charge is 0.489 e. The van der Waals surface area contributed by atoms with Crippen molar-refractivity contribution in [1.82, 2.24) is 5.32 Å². The molecular weight excluding hydrogens is 369 g/mol. The van der Waals surface area contributed by atoms with Gasteiger partial charge >= 0.3 is 0 Å². The third-order valence-electron chi connectivity index (χ3n) is 3.78. The molecule has 0 aliphatic rings. The van der Waals surface area contributed by atoms with E-state index in [1.807, 2.05) is 48.5 Å². The van der Waals surface area contributed by atoms with Crippen LogP contribution in [0.5, 0.6) is 5.75 Å². The van der Waals surface area contributed by atoms with E-state index in [9.17, 15) is 4.39 Å². The number of rotatable bonds is 6. The molecule has 2 nitrogen and oxygen atoms in total. The first-order valence-electron chi connectivity index (χ1n) is 8.10. The van der Waals surface area contributed by atoms with Crippen LogP contribution in [0.15, 0.2) is 72.8 Å². The highest BCUT2D eigenvalue weighted by Gasteiger charge is 2.04. The van der Waals surface area contributed by atoms with Gasteiger partial charge in [-0.25, -0.2) is 4.39 Å². The second-order valence-electron chi connectivity index (χ2n) is 5.75. The Hall–Kier alpha value is -2.43. The Morgan fingerprint density at radius 3 is 2.38 bits per heavy atom. The number of hydrogen-bond donors (Lipinski definition) is 1. The Bertz CT molecular complexity index is 881. The molecule has 26 heavy (non-hydrogen) atoms. The van der Waals surface area contributed by atoms with Gasteiger partial charge in [-0.15, -0.1) is 0 Å². The standard InChI is InChI=1S/C21H17ClFNOS/c22-18-8-4-15(5-9-18)13-24-21(26)17-2-1-3-20(12-17)25-14-16-6-10-19(23)11-7-16/h1-12H,13-14H2,(H,24,26). The molecule has 0 fully saturated rings. The molecule has 0 saturated carbocycles. The monoisotopic (exact) mass is 385 g/mol. The Morgan fingerprint density at radius 1 is 0.962 bits per heavy atom. The molecule has 0 amide bonds. The molecule has 3 aromatic carbocycles. The molecule has 3 aromatic rings. The summed E-state index contributed by atoms with van der Waals surface area (Å²) < 4.78 is 18.7. The van der Waals surface area contributed by atoms with Crippen molar-refractivity contribution < 1.29 is 9.13 Å². The van der Waals surface area contributed by atoms with Crippen LogP contribution >= 0.6 is 23.8 Å². The Kier molecular flexibility index (Phi) is 6.21. The topological polar surface area (TPSA) is 21.3 Å². The van der Waals surface area contributed by atoms with E-state index in [2.05, 4.69) is 5.32 Å². The number of benzene rings is 3. The average Bonchev–Trinajstić information content (AvgIpc) is 2.67. The van der Waals surface area contributed by atoms with Crippen molar-refractivity contribution in [2.24, 2.45) is 0 Å². The second-order valence-corrected chi connectivity index (χ2v) is 6.60.